The zero-order valence-corrected chi connectivity index (χ0v) is 13.5. The Hall–Kier alpha value is -1.95. The average molecular weight is 304 g/mol. The number of pyridine rings is 1. The molecule has 0 aliphatic rings. The van der Waals surface area contributed by atoms with Gasteiger partial charge in [0.25, 0.3) is 5.91 Å². The number of nitrogens with one attached hydrogen (secondary N) is 2. The molecule has 2 heterocycles. The lowest BCUT2D eigenvalue weighted by Crippen LogP contribution is -2.21. The largest absolute Gasteiger partial charge is 0.361 e. The van der Waals surface area contributed by atoms with Crippen LogP contribution in [0.1, 0.15) is 53.8 Å². The number of thiazole rings is 1. The van der Waals surface area contributed by atoms with Gasteiger partial charge in [0.15, 0.2) is 0 Å². The highest BCUT2D eigenvalue weighted by Gasteiger charge is 2.16. The van der Waals surface area contributed by atoms with Crippen molar-refractivity contribution in [1.82, 2.24) is 15.3 Å². The summed E-state index contributed by atoms with van der Waals surface area (Å²) >= 11 is 1.66. The lowest BCUT2D eigenvalue weighted by Gasteiger charge is -2.15. The van der Waals surface area contributed by atoms with Crippen molar-refractivity contribution in [1.29, 1.82) is 0 Å². The SMILES string of the molecule is CNC(=O)c1cccnc1NC(C)c1csc(C(C)C)n1. The first kappa shape index (κ1) is 15.4. The van der Waals surface area contributed by atoms with Gasteiger partial charge in [0.05, 0.1) is 22.3 Å². The van der Waals surface area contributed by atoms with Crippen LogP contribution in [0, 0.1) is 0 Å². The van der Waals surface area contributed by atoms with Gasteiger partial charge in [0, 0.05) is 24.5 Å². The topological polar surface area (TPSA) is 66.9 Å². The van der Waals surface area contributed by atoms with E-state index in [0.717, 1.165) is 10.7 Å². The molecular formula is C15H20N4OS. The van der Waals surface area contributed by atoms with Gasteiger partial charge in [0.2, 0.25) is 0 Å². The normalized spacial score (nSPS) is 12.2. The highest BCUT2D eigenvalue weighted by Crippen LogP contribution is 2.25. The molecule has 0 aromatic carbocycles. The Morgan fingerprint density at radius 2 is 2.10 bits per heavy atom. The van der Waals surface area contributed by atoms with Crippen molar-refractivity contribution >= 4 is 23.1 Å². The van der Waals surface area contributed by atoms with Crippen molar-refractivity contribution in [3.63, 3.8) is 0 Å². The molecule has 2 N–H and O–H groups in total. The first-order chi connectivity index (χ1) is 10.0. The molecule has 0 saturated carbocycles. The smallest absolute Gasteiger partial charge is 0.254 e. The molecule has 1 amide bonds. The molecule has 0 saturated heterocycles. The van der Waals surface area contributed by atoms with Crippen molar-refractivity contribution in [2.45, 2.75) is 32.7 Å². The number of hydrogen-bond acceptors (Lipinski definition) is 5. The molecule has 6 heteroatoms. The number of anilines is 1. The maximum atomic E-state index is 11.8. The maximum absolute atomic E-state index is 11.8. The van der Waals surface area contributed by atoms with Crippen LogP contribution in [-0.2, 0) is 0 Å². The number of nitrogens with zero attached hydrogens (tertiary/aromatic N) is 2. The van der Waals surface area contributed by atoms with Crippen LogP contribution in [0.2, 0.25) is 0 Å². The molecule has 1 unspecified atom stereocenters. The van der Waals surface area contributed by atoms with Crippen molar-refractivity contribution < 1.29 is 4.79 Å². The zero-order chi connectivity index (χ0) is 15.4. The first-order valence-corrected chi connectivity index (χ1v) is 7.79. The summed E-state index contributed by atoms with van der Waals surface area (Å²) in [4.78, 5) is 20.7. The van der Waals surface area contributed by atoms with Crippen molar-refractivity contribution in [3.05, 3.63) is 40.0 Å². The Kier molecular flexibility index (Phi) is 4.90. The average Bonchev–Trinajstić information content (AvgIpc) is 2.97. The van der Waals surface area contributed by atoms with E-state index < -0.39 is 0 Å². The third-order valence-electron chi connectivity index (χ3n) is 3.11. The molecule has 1 atom stereocenters. The Morgan fingerprint density at radius 3 is 2.71 bits per heavy atom. The molecule has 0 aliphatic carbocycles. The second-order valence-corrected chi connectivity index (χ2v) is 6.00. The first-order valence-electron chi connectivity index (χ1n) is 6.92. The van der Waals surface area contributed by atoms with Gasteiger partial charge in [-0.25, -0.2) is 9.97 Å². The minimum absolute atomic E-state index is 0.00736. The standard InChI is InChI=1S/C15H20N4OS/c1-9(2)15-19-12(8-21-15)10(3)18-13-11(14(20)16-4)6-5-7-17-13/h5-10H,1-4H3,(H,16,20)(H,17,18). The second-order valence-electron chi connectivity index (χ2n) is 5.11. The van der Waals surface area contributed by atoms with E-state index in [2.05, 4.69) is 39.8 Å². The van der Waals surface area contributed by atoms with Gasteiger partial charge in [-0.2, -0.15) is 0 Å². The Balaban J connectivity index is 2.19. The summed E-state index contributed by atoms with van der Waals surface area (Å²) in [6, 6.07) is 3.49. The summed E-state index contributed by atoms with van der Waals surface area (Å²) in [5.74, 6) is 0.842. The summed E-state index contributed by atoms with van der Waals surface area (Å²) in [5.41, 5.74) is 1.50. The van der Waals surface area contributed by atoms with E-state index in [1.165, 1.54) is 0 Å². The summed E-state index contributed by atoms with van der Waals surface area (Å²) < 4.78 is 0. The highest BCUT2D eigenvalue weighted by molar-refractivity contribution is 7.09. The second kappa shape index (κ2) is 6.67. The maximum Gasteiger partial charge on any atom is 0.254 e. The van der Waals surface area contributed by atoms with E-state index >= 15 is 0 Å². The van der Waals surface area contributed by atoms with Gasteiger partial charge < -0.3 is 10.6 Å². The fourth-order valence-corrected chi connectivity index (χ4v) is 2.81. The van der Waals surface area contributed by atoms with E-state index in [-0.39, 0.29) is 11.9 Å². The molecule has 2 aromatic rings. The summed E-state index contributed by atoms with van der Waals surface area (Å²) in [5, 5.41) is 9.06. The van der Waals surface area contributed by atoms with Crippen LogP contribution in [-0.4, -0.2) is 22.9 Å². The number of aromatic nitrogens is 2. The van der Waals surface area contributed by atoms with Gasteiger partial charge in [-0.1, -0.05) is 13.8 Å². The Morgan fingerprint density at radius 1 is 1.33 bits per heavy atom. The van der Waals surface area contributed by atoms with Gasteiger partial charge in [-0.05, 0) is 19.1 Å². The van der Waals surface area contributed by atoms with E-state index in [4.69, 9.17) is 0 Å². The lowest BCUT2D eigenvalue weighted by atomic mass is 10.2. The minimum atomic E-state index is -0.154. The lowest BCUT2D eigenvalue weighted by molar-refractivity contribution is 0.0963. The molecule has 0 bridgehead atoms. The predicted octanol–water partition coefficient (Wildman–Crippen LogP) is 3.19. The Bertz CT molecular complexity index is 624. The van der Waals surface area contributed by atoms with Gasteiger partial charge in [-0.3, -0.25) is 4.79 Å². The van der Waals surface area contributed by atoms with E-state index in [1.807, 2.05) is 6.92 Å². The zero-order valence-electron chi connectivity index (χ0n) is 12.7. The summed E-state index contributed by atoms with van der Waals surface area (Å²) in [6.45, 7) is 6.27. The number of rotatable bonds is 5. The number of amides is 1. The molecule has 5 nitrogen and oxygen atoms in total. The quantitative estimate of drug-likeness (QED) is 0.890. The third-order valence-corrected chi connectivity index (χ3v) is 4.27. The molecular weight excluding hydrogens is 284 g/mol. The minimum Gasteiger partial charge on any atom is -0.361 e. The number of carbonyl (C=O) groups excluding carboxylic acids is 1. The highest BCUT2D eigenvalue weighted by atomic mass is 32.1. The van der Waals surface area contributed by atoms with E-state index in [9.17, 15) is 4.79 Å². The van der Waals surface area contributed by atoms with Gasteiger partial charge in [-0.15, -0.1) is 11.3 Å². The van der Waals surface area contributed by atoms with Crippen molar-refractivity contribution in [3.8, 4) is 0 Å². The van der Waals surface area contributed by atoms with Crippen LogP contribution < -0.4 is 10.6 Å². The summed E-state index contributed by atoms with van der Waals surface area (Å²) in [6.07, 6.45) is 1.67. The van der Waals surface area contributed by atoms with Crippen LogP contribution in [0.3, 0.4) is 0 Å². The molecule has 0 fully saturated rings. The van der Waals surface area contributed by atoms with Crippen LogP contribution in [0.4, 0.5) is 5.82 Å². The van der Waals surface area contributed by atoms with Crippen LogP contribution >= 0.6 is 11.3 Å². The van der Waals surface area contributed by atoms with Crippen LogP contribution in [0.5, 0.6) is 0 Å². The molecule has 0 spiro atoms. The van der Waals surface area contributed by atoms with Crippen molar-refractivity contribution in [2.75, 3.05) is 12.4 Å². The molecule has 2 rings (SSSR count). The fraction of sp³-hybridized carbons (Fsp3) is 0.400. The van der Waals surface area contributed by atoms with Gasteiger partial charge in [0.1, 0.15) is 5.82 Å². The molecule has 2 aromatic heterocycles. The number of carbonyl (C=O) groups is 1. The van der Waals surface area contributed by atoms with Crippen molar-refractivity contribution in [2.24, 2.45) is 0 Å². The third kappa shape index (κ3) is 3.58. The predicted molar refractivity (Wildman–Crippen MR) is 85.9 cm³/mol. The monoisotopic (exact) mass is 304 g/mol. The summed E-state index contributed by atoms with van der Waals surface area (Å²) in [7, 11) is 1.61. The molecule has 112 valence electrons. The van der Waals surface area contributed by atoms with E-state index in [1.54, 1.807) is 36.7 Å². The molecule has 21 heavy (non-hydrogen) atoms. The van der Waals surface area contributed by atoms with Crippen LogP contribution in [0.25, 0.3) is 0 Å². The molecule has 0 radical (unpaired) electrons. The van der Waals surface area contributed by atoms with E-state index in [0.29, 0.717) is 17.3 Å². The molecule has 0 aliphatic heterocycles. The fourth-order valence-electron chi connectivity index (χ4n) is 1.88. The van der Waals surface area contributed by atoms with Crippen LogP contribution in [0.15, 0.2) is 23.7 Å². The van der Waals surface area contributed by atoms with Gasteiger partial charge >= 0.3 is 0 Å². The Labute approximate surface area is 128 Å². The number of hydrogen-bond donors (Lipinski definition) is 2.